The van der Waals surface area contributed by atoms with E-state index in [9.17, 15) is 20.1 Å². The SMILES string of the molecule is CSC1OC(C(NC(=O)C2NCC2CCCC2CCC2)C(C)C)C(O)C(O)C1O. The van der Waals surface area contributed by atoms with Crippen LogP contribution in [0.5, 0.6) is 0 Å². The third-order valence-corrected chi connectivity index (χ3v) is 7.84. The third-order valence-electron chi connectivity index (χ3n) is 6.99. The van der Waals surface area contributed by atoms with Gasteiger partial charge in [-0.2, -0.15) is 0 Å². The van der Waals surface area contributed by atoms with Gasteiger partial charge in [0.15, 0.2) is 0 Å². The monoisotopic (exact) mass is 430 g/mol. The van der Waals surface area contributed by atoms with Gasteiger partial charge >= 0.3 is 0 Å². The summed E-state index contributed by atoms with van der Waals surface area (Å²) in [4.78, 5) is 12.9. The van der Waals surface area contributed by atoms with Gasteiger partial charge in [-0.3, -0.25) is 4.79 Å². The van der Waals surface area contributed by atoms with E-state index in [0.717, 1.165) is 18.9 Å². The number of nitrogens with one attached hydrogen (secondary N) is 2. The Balaban J connectivity index is 1.55. The van der Waals surface area contributed by atoms with Crippen LogP contribution < -0.4 is 10.6 Å². The van der Waals surface area contributed by atoms with Crippen molar-refractivity contribution in [1.29, 1.82) is 0 Å². The first-order valence-corrected chi connectivity index (χ1v) is 12.4. The molecule has 1 saturated carbocycles. The molecule has 0 radical (unpaired) electrons. The molecule has 1 amide bonds. The summed E-state index contributed by atoms with van der Waals surface area (Å²) in [7, 11) is 0. The van der Waals surface area contributed by atoms with Crippen LogP contribution in [0.4, 0.5) is 0 Å². The van der Waals surface area contributed by atoms with E-state index >= 15 is 0 Å². The van der Waals surface area contributed by atoms with Crippen LogP contribution in [-0.2, 0) is 9.53 Å². The lowest BCUT2D eigenvalue weighted by atomic mass is 9.79. The Morgan fingerprint density at radius 3 is 2.41 bits per heavy atom. The largest absolute Gasteiger partial charge is 0.388 e. The fraction of sp³-hybridized carbons (Fsp3) is 0.952. The minimum atomic E-state index is -1.30. The number of amides is 1. The van der Waals surface area contributed by atoms with E-state index in [0.29, 0.717) is 5.92 Å². The van der Waals surface area contributed by atoms with Gasteiger partial charge in [0.1, 0.15) is 29.9 Å². The number of carbonyl (C=O) groups is 1. The van der Waals surface area contributed by atoms with Crippen molar-refractivity contribution in [3.8, 4) is 0 Å². The van der Waals surface area contributed by atoms with Gasteiger partial charge in [0, 0.05) is 6.54 Å². The zero-order valence-electron chi connectivity index (χ0n) is 17.8. The van der Waals surface area contributed by atoms with Crippen molar-refractivity contribution in [2.45, 2.75) is 94.3 Å². The summed E-state index contributed by atoms with van der Waals surface area (Å²) in [6.07, 6.45) is 4.92. The van der Waals surface area contributed by atoms with E-state index in [1.807, 2.05) is 13.8 Å². The molecule has 3 fully saturated rings. The highest BCUT2D eigenvalue weighted by Gasteiger charge is 2.48. The number of carbonyl (C=O) groups excluding carboxylic acids is 1. The van der Waals surface area contributed by atoms with Gasteiger partial charge in [-0.05, 0) is 30.4 Å². The van der Waals surface area contributed by atoms with Crippen molar-refractivity contribution in [3.63, 3.8) is 0 Å². The highest BCUT2D eigenvalue weighted by Crippen LogP contribution is 2.33. The lowest BCUT2D eigenvalue weighted by Gasteiger charge is -2.45. The van der Waals surface area contributed by atoms with Crippen LogP contribution in [0, 0.1) is 17.8 Å². The summed E-state index contributed by atoms with van der Waals surface area (Å²) < 4.78 is 5.89. The van der Waals surface area contributed by atoms with Gasteiger partial charge in [-0.25, -0.2) is 0 Å². The van der Waals surface area contributed by atoms with E-state index < -0.39 is 35.9 Å². The lowest BCUT2D eigenvalue weighted by Crippen LogP contribution is -2.67. The van der Waals surface area contributed by atoms with Crippen LogP contribution in [0.15, 0.2) is 0 Å². The molecule has 29 heavy (non-hydrogen) atoms. The lowest BCUT2D eigenvalue weighted by molar-refractivity contribution is -0.208. The van der Waals surface area contributed by atoms with E-state index in [2.05, 4.69) is 10.6 Å². The number of hydrogen-bond donors (Lipinski definition) is 5. The Bertz CT molecular complexity index is 545. The van der Waals surface area contributed by atoms with Gasteiger partial charge in [0.25, 0.3) is 0 Å². The molecule has 0 aromatic heterocycles. The molecular weight excluding hydrogens is 392 g/mol. The molecule has 0 aromatic rings. The summed E-state index contributed by atoms with van der Waals surface area (Å²) in [5, 5.41) is 37.1. The summed E-state index contributed by atoms with van der Waals surface area (Å²) in [6.45, 7) is 4.78. The Kier molecular flexibility index (Phi) is 8.26. The molecule has 0 bridgehead atoms. The van der Waals surface area contributed by atoms with E-state index in [-0.39, 0.29) is 17.9 Å². The normalized spacial score (nSPS) is 38.9. The van der Waals surface area contributed by atoms with E-state index in [4.69, 9.17) is 4.74 Å². The van der Waals surface area contributed by atoms with Gasteiger partial charge in [0.05, 0.1) is 12.1 Å². The van der Waals surface area contributed by atoms with Gasteiger partial charge in [0.2, 0.25) is 5.91 Å². The number of ether oxygens (including phenoxy) is 1. The second kappa shape index (κ2) is 10.3. The first kappa shape index (κ1) is 23.3. The van der Waals surface area contributed by atoms with Crippen LogP contribution in [-0.4, -0.2) is 76.0 Å². The molecule has 2 heterocycles. The van der Waals surface area contributed by atoms with Gasteiger partial charge in [-0.15, -0.1) is 11.8 Å². The number of hydrogen-bond acceptors (Lipinski definition) is 7. The standard InChI is InChI=1S/C21H38N2O5S/c1-11(2)14(19-17(25)16(24)18(26)21(28-19)29-3)23-20(27)15-13(10-22-15)9-5-8-12-6-4-7-12/h11-19,21-22,24-26H,4-10H2,1-3H3,(H,23,27). The number of thioether (sulfide) groups is 1. The fourth-order valence-electron chi connectivity index (χ4n) is 4.68. The van der Waals surface area contributed by atoms with Crippen LogP contribution in [0.3, 0.4) is 0 Å². The molecule has 5 N–H and O–H groups in total. The summed E-state index contributed by atoms with van der Waals surface area (Å²) in [5.74, 6) is 1.18. The Labute approximate surface area is 178 Å². The Hall–Kier alpha value is -0.380. The van der Waals surface area contributed by atoms with Crippen LogP contribution in [0.2, 0.25) is 0 Å². The summed E-state index contributed by atoms with van der Waals surface area (Å²) in [6, 6.07) is -0.655. The molecule has 3 aliphatic rings. The van der Waals surface area contributed by atoms with Gasteiger partial charge in [-0.1, -0.05) is 46.0 Å². The van der Waals surface area contributed by atoms with E-state index in [1.165, 1.54) is 43.9 Å². The van der Waals surface area contributed by atoms with Gasteiger partial charge < -0.3 is 30.7 Å². The molecule has 8 unspecified atom stereocenters. The average Bonchev–Trinajstić information content (AvgIpc) is 2.62. The third kappa shape index (κ3) is 5.28. The van der Waals surface area contributed by atoms with Crippen LogP contribution in [0.1, 0.15) is 52.4 Å². The summed E-state index contributed by atoms with van der Waals surface area (Å²) in [5.41, 5.74) is -0.641. The number of aliphatic hydroxyl groups excluding tert-OH is 3. The van der Waals surface area contributed by atoms with Crippen LogP contribution in [0.25, 0.3) is 0 Å². The number of rotatable bonds is 9. The fourth-order valence-corrected chi connectivity index (χ4v) is 5.35. The second-order valence-electron chi connectivity index (χ2n) is 9.33. The zero-order valence-corrected chi connectivity index (χ0v) is 18.6. The van der Waals surface area contributed by atoms with Crippen molar-refractivity contribution in [3.05, 3.63) is 0 Å². The molecule has 2 saturated heterocycles. The van der Waals surface area contributed by atoms with Crippen molar-refractivity contribution in [2.24, 2.45) is 17.8 Å². The molecule has 8 heteroatoms. The second-order valence-corrected chi connectivity index (χ2v) is 10.3. The van der Waals surface area contributed by atoms with Crippen molar-refractivity contribution in [1.82, 2.24) is 10.6 Å². The quantitative estimate of drug-likeness (QED) is 0.369. The van der Waals surface area contributed by atoms with Crippen molar-refractivity contribution >= 4 is 17.7 Å². The maximum atomic E-state index is 12.9. The van der Waals surface area contributed by atoms with Crippen LogP contribution >= 0.6 is 11.8 Å². The topological polar surface area (TPSA) is 111 Å². The predicted molar refractivity (Wildman–Crippen MR) is 113 cm³/mol. The molecule has 2 aliphatic heterocycles. The molecular formula is C21H38N2O5S. The Morgan fingerprint density at radius 2 is 1.90 bits per heavy atom. The molecule has 0 aromatic carbocycles. The molecule has 3 rings (SSSR count). The smallest absolute Gasteiger partial charge is 0.237 e. The zero-order chi connectivity index (χ0) is 21.1. The highest BCUT2D eigenvalue weighted by molar-refractivity contribution is 7.99. The Morgan fingerprint density at radius 1 is 1.17 bits per heavy atom. The summed E-state index contributed by atoms with van der Waals surface area (Å²) >= 11 is 1.28. The molecule has 168 valence electrons. The molecule has 8 atom stereocenters. The van der Waals surface area contributed by atoms with E-state index in [1.54, 1.807) is 6.26 Å². The minimum Gasteiger partial charge on any atom is -0.388 e. The molecule has 1 aliphatic carbocycles. The minimum absolute atomic E-state index is 0.000641. The average molecular weight is 431 g/mol. The van der Waals surface area contributed by atoms with Crippen molar-refractivity contribution < 1.29 is 24.9 Å². The molecule has 7 nitrogen and oxygen atoms in total. The number of aliphatic hydroxyl groups is 3. The first-order chi connectivity index (χ1) is 13.8. The highest BCUT2D eigenvalue weighted by atomic mass is 32.2. The first-order valence-electron chi connectivity index (χ1n) is 11.1. The molecule has 0 spiro atoms. The van der Waals surface area contributed by atoms with Crippen molar-refractivity contribution in [2.75, 3.05) is 12.8 Å². The maximum Gasteiger partial charge on any atom is 0.237 e. The predicted octanol–water partition coefficient (Wildman–Crippen LogP) is 0.856. The maximum absolute atomic E-state index is 12.9.